The molecule has 0 aromatic carbocycles. The minimum absolute atomic E-state index is 0.101. The normalized spacial score (nSPS) is 39.6. The van der Waals surface area contributed by atoms with E-state index in [1.54, 1.807) is 6.20 Å². The zero-order valence-corrected chi connectivity index (χ0v) is 17.9. The molecule has 3 atom stereocenters. The Balaban J connectivity index is 1.29. The molecule has 30 heavy (non-hydrogen) atoms. The van der Waals surface area contributed by atoms with Gasteiger partial charge in [-0.25, -0.2) is 0 Å². The molecule has 4 bridgehead atoms. The summed E-state index contributed by atoms with van der Waals surface area (Å²) >= 11 is 0. The topological polar surface area (TPSA) is 72.1 Å². The second-order valence-electron chi connectivity index (χ2n) is 11.2. The van der Waals surface area contributed by atoms with Gasteiger partial charge in [0.15, 0.2) is 0 Å². The van der Waals surface area contributed by atoms with Gasteiger partial charge in [-0.15, -0.1) is 0 Å². The number of likely N-dealkylation sites (tertiary alicyclic amines) is 1. The average molecular weight is 407 g/mol. The molecule has 2 aromatic heterocycles. The van der Waals surface area contributed by atoms with Crippen molar-refractivity contribution < 1.29 is 9.32 Å². The largest absolute Gasteiger partial charge is 0.337 e. The summed E-state index contributed by atoms with van der Waals surface area (Å²) in [5, 5.41) is 4.15. The van der Waals surface area contributed by atoms with Gasteiger partial charge in [-0.3, -0.25) is 9.78 Å². The van der Waals surface area contributed by atoms with Crippen LogP contribution in [0.4, 0.5) is 0 Å². The lowest BCUT2D eigenvalue weighted by atomic mass is 9.40. The number of hydrogen-bond donors (Lipinski definition) is 0. The molecule has 4 saturated carbocycles. The minimum atomic E-state index is -0.185. The summed E-state index contributed by atoms with van der Waals surface area (Å²) < 4.78 is 5.65. The third kappa shape index (κ3) is 2.75. The van der Waals surface area contributed by atoms with Crippen LogP contribution < -0.4 is 0 Å². The zero-order chi connectivity index (χ0) is 20.6. The number of hydrogen-bond acceptors (Lipinski definition) is 5. The van der Waals surface area contributed by atoms with Crippen LogP contribution in [0, 0.1) is 22.2 Å². The number of pyridine rings is 1. The molecule has 3 heterocycles. The molecule has 3 unspecified atom stereocenters. The number of carbonyl (C=O) groups is 1. The fraction of sp³-hybridized carbons (Fsp3) is 0.667. The number of aromatic nitrogens is 3. The van der Waals surface area contributed by atoms with E-state index in [9.17, 15) is 4.79 Å². The van der Waals surface area contributed by atoms with Crippen molar-refractivity contribution in [2.45, 2.75) is 71.3 Å². The molecule has 0 radical (unpaired) electrons. The molecule has 158 valence electrons. The van der Waals surface area contributed by atoms with Crippen molar-refractivity contribution >= 4 is 5.91 Å². The summed E-state index contributed by atoms with van der Waals surface area (Å²) in [5.41, 5.74) is 1.17. The lowest BCUT2D eigenvalue weighted by Gasteiger charge is -2.65. The summed E-state index contributed by atoms with van der Waals surface area (Å²) in [6, 6.07) is 5.56. The number of carbonyl (C=O) groups excluding carboxylic acids is 1. The van der Waals surface area contributed by atoms with Crippen molar-refractivity contribution in [1.29, 1.82) is 0 Å². The second-order valence-corrected chi connectivity index (χ2v) is 11.2. The van der Waals surface area contributed by atoms with Crippen molar-refractivity contribution in [2.24, 2.45) is 22.2 Å². The highest BCUT2D eigenvalue weighted by Crippen LogP contribution is 2.70. The van der Waals surface area contributed by atoms with E-state index in [-0.39, 0.29) is 11.5 Å². The van der Waals surface area contributed by atoms with E-state index in [0.717, 1.165) is 38.6 Å². The molecule has 6 nitrogen and oxygen atoms in total. The van der Waals surface area contributed by atoms with Crippen LogP contribution in [-0.2, 0) is 4.79 Å². The van der Waals surface area contributed by atoms with Crippen LogP contribution in [0.3, 0.4) is 0 Å². The van der Waals surface area contributed by atoms with Crippen LogP contribution in [0.1, 0.15) is 77.1 Å². The molecule has 1 amide bonds. The van der Waals surface area contributed by atoms with Gasteiger partial charge in [0.1, 0.15) is 11.7 Å². The SMILES string of the molecule is CC12CC3CC(C)(C1)CC(C(=O)N1CCCC1c1nc(-c4ccccn4)no1)(C3)C2. The van der Waals surface area contributed by atoms with Gasteiger partial charge in [-0.1, -0.05) is 25.1 Å². The summed E-state index contributed by atoms with van der Waals surface area (Å²) in [5.74, 6) is 2.12. The number of nitrogens with zero attached hydrogens (tertiary/aromatic N) is 4. The van der Waals surface area contributed by atoms with Crippen molar-refractivity contribution in [3.8, 4) is 11.5 Å². The maximum atomic E-state index is 14.1. The van der Waals surface area contributed by atoms with E-state index in [0.29, 0.717) is 40.1 Å². The van der Waals surface area contributed by atoms with E-state index < -0.39 is 0 Å². The van der Waals surface area contributed by atoms with Gasteiger partial charge in [-0.05, 0) is 80.2 Å². The van der Waals surface area contributed by atoms with Gasteiger partial charge in [-0.2, -0.15) is 4.98 Å². The van der Waals surface area contributed by atoms with Crippen LogP contribution in [0.25, 0.3) is 11.5 Å². The second kappa shape index (κ2) is 6.14. The van der Waals surface area contributed by atoms with Crippen LogP contribution in [0.2, 0.25) is 0 Å². The summed E-state index contributed by atoms with van der Waals surface area (Å²) in [6.07, 6.45) is 10.7. The van der Waals surface area contributed by atoms with Gasteiger partial charge in [0.2, 0.25) is 17.6 Å². The lowest BCUT2D eigenvalue weighted by molar-refractivity contribution is -0.180. The predicted molar refractivity (Wildman–Crippen MR) is 111 cm³/mol. The molecule has 5 fully saturated rings. The van der Waals surface area contributed by atoms with Crippen LogP contribution in [0.15, 0.2) is 28.9 Å². The third-order valence-corrected chi connectivity index (χ3v) is 8.21. The molecule has 0 N–H and O–H groups in total. The summed E-state index contributed by atoms with van der Waals surface area (Å²) in [6.45, 7) is 5.65. The Labute approximate surface area is 177 Å². The van der Waals surface area contributed by atoms with Gasteiger partial charge in [0.25, 0.3) is 0 Å². The number of amides is 1. The highest BCUT2D eigenvalue weighted by molar-refractivity contribution is 5.84. The van der Waals surface area contributed by atoms with Gasteiger partial charge in [0.05, 0.1) is 5.41 Å². The first-order valence-electron chi connectivity index (χ1n) is 11.4. The lowest BCUT2D eigenvalue weighted by Crippen LogP contribution is -2.60. The standard InChI is InChI=1S/C24H30N4O2/c1-22-10-16-11-23(2,13-22)15-24(12-16,14-22)21(29)28-9-5-7-18(28)20-26-19(27-30-20)17-6-3-4-8-25-17/h3-4,6,8,16,18H,5,7,9-15H2,1-2H3. The molecule has 0 spiro atoms. The molecule has 6 heteroatoms. The molecular formula is C24H30N4O2. The highest BCUT2D eigenvalue weighted by Gasteiger charge is 2.63. The third-order valence-electron chi connectivity index (χ3n) is 8.21. The van der Waals surface area contributed by atoms with E-state index >= 15 is 0 Å². The van der Waals surface area contributed by atoms with E-state index in [4.69, 9.17) is 4.52 Å². The Morgan fingerprint density at radius 2 is 1.93 bits per heavy atom. The maximum absolute atomic E-state index is 14.1. The predicted octanol–water partition coefficient (Wildman–Crippen LogP) is 4.79. The van der Waals surface area contributed by atoms with Crippen LogP contribution in [-0.4, -0.2) is 32.5 Å². The van der Waals surface area contributed by atoms with Crippen molar-refractivity contribution in [3.05, 3.63) is 30.3 Å². The maximum Gasteiger partial charge on any atom is 0.249 e. The van der Waals surface area contributed by atoms with Crippen LogP contribution in [0.5, 0.6) is 0 Å². The minimum Gasteiger partial charge on any atom is -0.337 e. The fourth-order valence-corrected chi connectivity index (χ4v) is 8.23. The van der Waals surface area contributed by atoms with Crippen molar-refractivity contribution in [1.82, 2.24) is 20.0 Å². The molecule has 7 rings (SSSR count). The summed E-state index contributed by atoms with van der Waals surface area (Å²) in [7, 11) is 0. The monoisotopic (exact) mass is 406 g/mol. The molecule has 2 aromatic rings. The van der Waals surface area contributed by atoms with Crippen molar-refractivity contribution in [2.75, 3.05) is 6.54 Å². The first-order chi connectivity index (χ1) is 14.4. The average Bonchev–Trinajstić information content (AvgIpc) is 3.34. The molecule has 5 aliphatic rings. The van der Waals surface area contributed by atoms with E-state index in [2.05, 4.69) is 33.9 Å². The van der Waals surface area contributed by atoms with E-state index in [1.807, 2.05) is 18.2 Å². The highest BCUT2D eigenvalue weighted by atomic mass is 16.5. The van der Waals surface area contributed by atoms with E-state index in [1.165, 1.54) is 19.3 Å². The molecule has 1 aliphatic heterocycles. The Kier molecular flexibility index (Phi) is 3.79. The van der Waals surface area contributed by atoms with Gasteiger partial charge >= 0.3 is 0 Å². The number of rotatable bonds is 3. The Bertz CT molecular complexity index is 968. The first kappa shape index (κ1) is 18.5. The zero-order valence-electron chi connectivity index (χ0n) is 17.9. The Hall–Kier alpha value is -2.24. The smallest absolute Gasteiger partial charge is 0.249 e. The Morgan fingerprint density at radius 1 is 1.13 bits per heavy atom. The summed E-state index contributed by atoms with van der Waals surface area (Å²) in [4.78, 5) is 25.1. The van der Waals surface area contributed by atoms with Gasteiger partial charge in [0, 0.05) is 12.7 Å². The molecule has 1 saturated heterocycles. The first-order valence-corrected chi connectivity index (χ1v) is 11.4. The van der Waals surface area contributed by atoms with Gasteiger partial charge < -0.3 is 9.42 Å². The van der Waals surface area contributed by atoms with Crippen molar-refractivity contribution in [3.63, 3.8) is 0 Å². The molecular weight excluding hydrogens is 376 g/mol. The fourth-order valence-electron chi connectivity index (χ4n) is 8.23. The molecule has 4 aliphatic carbocycles. The Morgan fingerprint density at radius 3 is 2.63 bits per heavy atom. The quantitative estimate of drug-likeness (QED) is 0.733. The van der Waals surface area contributed by atoms with Crippen LogP contribution >= 0.6 is 0 Å².